The Morgan fingerprint density at radius 2 is 2.40 bits per heavy atom. The average molecular weight is 342 g/mol. The number of anilines is 1. The summed E-state index contributed by atoms with van der Waals surface area (Å²) >= 11 is 3.54. The van der Waals surface area contributed by atoms with Crippen LogP contribution in [-0.2, 0) is 4.74 Å². The molecule has 1 heterocycles. The maximum absolute atomic E-state index is 8.70. The third-order valence-corrected chi connectivity index (χ3v) is 4.18. The highest BCUT2D eigenvalue weighted by Gasteiger charge is 2.17. The van der Waals surface area contributed by atoms with Crippen LogP contribution in [0.5, 0.6) is 0 Å². The van der Waals surface area contributed by atoms with E-state index >= 15 is 0 Å². The van der Waals surface area contributed by atoms with Crippen molar-refractivity contribution in [2.45, 2.75) is 12.8 Å². The summed E-state index contributed by atoms with van der Waals surface area (Å²) in [5.74, 6) is 0.685. The fourth-order valence-electron chi connectivity index (χ4n) is 2.47. The van der Waals surface area contributed by atoms with E-state index in [1.54, 1.807) is 0 Å². The molecule has 110 valence electrons. The smallest absolute Gasteiger partial charge is 0.170 e. The molecule has 0 radical (unpaired) electrons. The van der Waals surface area contributed by atoms with Gasteiger partial charge in [-0.05, 0) is 52.9 Å². The molecule has 20 heavy (non-hydrogen) atoms. The topological polar surface area (TPSA) is 71.1 Å². The Kier molecular flexibility index (Phi) is 5.25. The second-order valence-corrected chi connectivity index (χ2v) is 5.97. The molecule has 1 aliphatic heterocycles. The normalized spacial score (nSPS) is 19.9. The molecule has 5 nitrogen and oxygen atoms in total. The van der Waals surface area contributed by atoms with E-state index in [1.807, 2.05) is 18.2 Å². The SMILES string of the molecule is CN(CC1CCCOC1)c1ccc(/C(N)=N/O)cc1Br. The third-order valence-electron chi connectivity index (χ3n) is 3.55. The minimum Gasteiger partial charge on any atom is -0.409 e. The molecule has 1 saturated heterocycles. The van der Waals surface area contributed by atoms with Crippen LogP contribution in [0, 0.1) is 5.92 Å². The molecule has 3 N–H and O–H groups in total. The van der Waals surface area contributed by atoms with Crippen LogP contribution in [0.25, 0.3) is 0 Å². The molecule has 1 atom stereocenters. The van der Waals surface area contributed by atoms with Gasteiger partial charge in [0.05, 0.1) is 12.3 Å². The van der Waals surface area contributed by atoms with E-state index in [4.69, 9.17) is 15.7 Å². The molecule has 1 unspecified atom stereocenters. The number of ether oxygens (including phenoxy) is 1. The minimum atomic E-state index is 0.112. The number of benzene rings is 1. The number of halogens is 1. The molecular weight excluding hydrogens is 322 g/mol. The summed E-state index contributed by atoms with van der Waals surface area (Å²) < 4.78 is 6.45. The Morgan fingerprint density at radius 3 is 3.00 bits per heavy atom. The summed E-state index contributed by atoms with van der Waals surface area (Å²) in [5, 5.41) is 11.7. The van der Waals surface area contributed by atoms with Gasteiger partial charge < -0.3 is 20.6 Å². The fraction of sp³-hybridized carbons (Fsp3) is 0.500. The number of hydrogen-bond donors (Lipinski definition) is 2. The van der Waals surface area contributed by atoms with E-state index in [1.165, 1.54) is 6.42 Å². The molecule has 1 aliphatic rings. The highest BCUT2D eigenvalue weighted by Crippen LogP contribution is 2.28. The molecule has 0 aromatic heterocycles. The van der Waals surface area contributed by atoms with E-state index < -0.39 is 0 Å². The lowest BCUT2D eigenvalue weighted by molar-refractivity contribution is 0.0576. The number of nitrogens with two attached hydrogens (primary N) is 1. The van der Waals surface area contributed by atoms with Gasteiger partial charge in [0.1, 0.15) is 0 Å². The van der Waals surface area contributed by atoms with Crippen LogP contribution in [0.15, 0.2) is 27.8 Å². The lowest BCUT2D eigenvalue weighted by Crippen LogP contribution is -2.31. The predicted molar refractivity (Wildman–Crippen MR) is 83.5 cm³/mol. The molecule has 0 aliphatic carbocycles. The highest BCUT2D eigenvalue weighted by molar-refractivity contribution is 9.10. The molecule has 0 saturated carbocycles. The first-order valence-corrected chi connectivity index (χ1v) is 7.47. The van der Waals surface area contributed by atoms with Crippen LogP contribution in [0.3, 0.4) is 0 Å². The summed E-state index contributed by atoms with van der Waals surface area (Å²) in [7, 11) is 2.07. The van der Waals surface area contributed by atoms with Gasteiger partial charge in [0.2, 0.25) is 0 Å². The first-order chi connectivity index (χ1) is 9.61. The van der Waals surface area contributed by atoms with Gasteiger partial charge in [-0.1, -0.05) is 5.16 Å². The minimum absolute atomic E-state index is 0.112. The van der Waals surface area contributed by atoms with Gasteiger partial charge in [-0.2, -0.15) is 0 Å². The highest BCUT2D eigenvalue weighted by atomic mass is 79.9. The first-order valence-electron chi connectivity index (χ1n) is 6.68. The van der Waals surface area contributed by atoms with Crippen LogP contribution < -0.4 is 10.6 Å². The molecule has 1 fully saturated rings. The van der Waals surface area contributed by atoms with E-state index in [0.29, 0.717) is 11.5 Å². The summed E-state index contributed by atoms with van der Waals surface area (Å²) in [6, 6.07) is 5.68. The zero-order valence-electron chi connectivity index (χ0n) is 11.6. The number of amidine groups is 1. The molecule has 6 heteroatoms. The maximum Gasteiger partial charge on any atom is 0.170 e. The maximum atomic E-state index is 8.70. The second-order valence-electron chi connectivity index (χ2n) is 5.12. The second kappa shape index (κ2) is 6.95. The van der Waals surface area contributed by atoms with Crippen molar-refractivity contribution in [1.29, 1.82) is 0 Å². The van der Waals surface area contributed by atoms with Crippen LogP contribution in [-0.4, -0.2) is 37.8 Å². The molecule has 0 bridgehead atoms. The van der Waals surface area contributed by atoms with Crippen LogP contribution in [0.4, 0.5) is 5.69 Å². The number of rotatable bonds is 4. The number of oxime groups is 1. The molecule has 2 rings (SSSR count). The summed E-state index contributed by atoms with van der Waals surface area (Å²) in [5.41, 5.74) is 7.37. The van der Waals surface area contributed by atoms with Gasteiger partial charge in [-0.3, -0.25) is 0 Å². The van der Waals surface area contributed by atoms with Gasteiger partial charge in [-0.15, -0.1) is 0 Å². The lowest BCUT2D eigenvalue weighted by Gasteiger charge is -2.29. The van der Waals surface area contributed by atoms with Crippen molar-refractivity contribution >= 4 is 27.5 Å². The zero-order valence-corrected chi connectivity index (χ0v) is 13.1. The Morgan fingerprint density at radius 1 is 1.60 bits per heavy atom. The number of nitrogens with zero attached hydrogens (tertiary/aromatic N) is 2. The standard InChI is InChI=1S/C14H20BrN3O2/c1-18(8-10-3-2-6-20-9-10)13-5-4-11(7-12(13)15)14(16)17-19/h4-5,7,10,19H,2-3,6,8-9H2,1H3,(H2,16,17). The predicted octanol–water partition coefficient (Wildman–Crippen LogP) is 2.41. The van der Waals surface area contributed by atoms with Crippen molar-refractivity contribution in [3.05, 3.63) is 28.2 Å². The van der Waals surface area contributed by atoms with Crippen molar-refractivity contribution < 1.29 is 9.94 Å². The Hall–Kier alpha value is -1.27. The van der Waals surface area contributed by atoms with Crippen molar-refractivity contribution in [1.82, 2.24) is 0 Å². The van der Waals surface area contributed by atoms with Gasteiger partial charge >= 0.3 is 0 Å². The summed E-state index contributed by atoms with van der Waals surface area (Å²) in [6.45, 7) is 2.68. The van der Waals surface area contributed by atoms with Crippen molar-refractivity contribution in [2.75, 3.05) is 31.7 Å². The van der Waals surface area contributed by atoms with Gasteiger partial charge in [-0.25, -0.2) is 0 Å². The Bertz CT molecular complexity index is 487. The third kappa shape index (κ3) is 3.64. The Labute approximate surface area is 127 Å². The first kappa shape index (κ1) is 15.1. The van der Waals surface area contributed by atoms with Gasteiger partial charge in [0, 0.05) is 30.2 Å². The fourth-order valence-corrected chi connectivity index (χ4v) is 3.15. The van der Waals surface area contributed by atoms with Crippen LogP contribution >= 0.6 is 15.9 Å². The zero-order chi connectivity index (χ0) is 14.5. The monoisotopic (exact) mass is 341 g/mol. The van der Waals surface area contributed by atoms with Gasteiger partial charge in [0.15, 0.2) is 5.84 Å². The van der Waals surface area contributed by atoms with Crippen molar-refractivity contribution in [3.63, 3.8) is 0 Å². The van der Waals surface area contributed by atoms with Crippen LogP contribution in [0.1, 0.15) is 18.4 Å². The molecular formula is C14H20BrN3O2. The molecule has 1 aromatic rings. The van der Waals surface area contributed by atoms with Crippen molar-refractivity contribution in [3.8, 4) is 0 Å². The summed E-state index contributed by atoms with van der Waals surface area (Å²) in [6.07, 6.45) is 2.35. The average Bonchev–Trinajstić information content (AvgIpc) is 2.47. The van der Waals surface area contributed by atoms with E-state index in [-0.39, 0.29) is 5.84 Å². The quantitative estimate of drug-likeness (QED) is 0.382. The number of hydrogen-bond acceptors (Lipinski definition) is 4. The largest absolute Gasteiger partial charge is 0.409 e. The van der Waals surface area contributed by atoms with Crippen LogP contribution in [0.2, 0.25) is 0 Å². The van der Waals surface area contributed by atoms with E-state index in [9.17, 15) is 0 Å². The molecule has 1 aromatic carbocycles. The van der Waals surface area contributed by atoms with Gasteiger partial charge in [0.25, 0.3) is 0 Å². The molecule has 0 amide bonds. The van der Waals surface area contributed by atoms with E-state index in [0.717, 1.165) is 36.3 Å². The lowest BCUT2D eigenvalue weighted by atomic mass is 10.0. The van der Waals surface area contributed by atoms with Crippen molar-refractivity contribution in [2.24, 2.45) is 16.8 Å². The molecule has 0 spiro atoms. The van der Waals surface area contributed by atoms with E-state index in [2.05, 4.69) is 33.0 Å². The summed E-state index contributed by atoms with van der Waals surface area (Å²) in [4.78, 5) is 2.21. The Balaban J connectivity index is 2.07.